The molecule has 0 unspecified atom stereocenters. The van der Waals surface area contributed by atoms with Gasteiger partial charge < -0.3 is 10.1 Å². The Morgan fingerprint density at radius 1 is 1.23 bits per heavy atom. The third kappa shape index (κ3) is 4.94. The van der Waals surface area contributed by atoms with Gasteiger partial charge in [-0.2, -0.15) is 4.31 Å². The molecule has 0 aliphatic carbocycles. The molecule has 2 aromatic rings. The summed E-state index contributed by atoms with van der Waals surface area (Å²) < 4.78 is 46.0. The summed E-state index contributed by atoms with van der Waals surface area (Å²) >= 11 is 6.13. The number of nitrogens with zero attached hydrogens (tertiary/aromatic N) is 1. The Labute approximate surface area is 181 Å². The monoisotopic (exact) mass is 454 g/mol. The molecular weight excluding hydrogens is 431 g/mol. The van der Waals surface area contributed by atoms with Crippen molar-refractivity contribution in [1.29, 1.82) is 0 Å². The van der Waals surface area contributed by atoms with Crippen molar-refractivity contribution < 1.29 is 22.3 Å². The van der Waals surface area contributed by atoms with Crippen molar-refractivity contribution in [3.63, 3.8) is 0 Å². The summed E-state index contributed by atoms with van der Waals surface area (Å²) in [7, 11) is -3.72. The van der Waals surface area contributed by atoms with E-state index in [1.807, 2.05) is 6.92 Å². The molecule has 1 aliphatic heterocycles. The normalized spacial score (nSPS) is 15.7. The molecule has 0 radical (unpaired) electrons. The van der Waals surface area contributed by atoms with Crippen molar-refractivity contribution in [2.75, 3.05) is 25.0 Å². The quantitative estimate of drug-likeness (QED) is 0.708. The Bertz CT molecular complexity index is 1040. The lowest BCUT2D eigenvalue weighted by Crippen LogP contribution is -2.41. The Kier molecular flexibility index (Phi) is 7.00. The molecule has 0 atom stereocenters. The number of nitrogens with one attached hydrogen (secondary N) is 1. The summed E-state index contributed by atoms with van der Waals surface area (Å²) in [6.07, 6.45) is 0.758. The molecule has 6 nitrogen and oxygen atoms in total. The van der Waals surface area contributed by atoms with Crippen LogP contribution in [0, 0.1) is 18.7 Å². The van der Waals surface area contributed by atoms with Crippen LogP contribution in [0.15, 0.2) is 41.3 Å². The number of ether oxygens (including phenoxy) is 1. The first-order chi connectivity index (χ1) is 14.2. The third-order valence-electron chi connectivity index (χ3n) is 5.12. The minimum absolute atomic E-state index is 0.0919. The minimum atomic E-state index is -3.72. The van der Waals surface area contributed by atoms with Gasteiger partial charge in [0.1, 0.15) is 11.6 Å². The zero-order valence-corrected chi connectivity index (χ0v) is 18.4. The van der Waals surface area contributed by atoms with Gasteiger partial charge in [0.2, 0.25) is 15.9 Å². The maximum atomic E-state index is 13.4. The highest BCUT2D eigenvalue weighted by molar-refractivity contribution is 7.89. The highest BCUT2D eigenvalue weighted by atomic mass is 35.5. The fourth-order valence-electron chi connectivity index (χ4n) is 3.39. The van der Waals surface area contributed by atoms with E-state index in [1.54, 1.807) is 19.1 Å². The second-order valence-corrected chi connectivity index (χ2v) is 9.50. The molecular formula is C21H24ClFN2O4S. The highest BCUT2D eigenvalue weighted by Gasteiger charge is 2.32. The summed E-state index contributed by atoms with van der Waals surface area (Å²) in [5, 5.41) is 2.99. The van der Waals surface area contributed by atoms with Crippen molar-refractivity contribution in [3.05, 3.63) is 52.8 Å². The van der Waals surface area contributed by atoms with E-state index in [0.29, 0.717) is 30.9 Å². The number of anilines is 1. The van der Waals surface area contributed by atoms with Gasteiger partial charge in [0.25, 0.3) is 0 Å². The second-order valence-electron chi connectivity index (χ2n) is 7.15. The Hall–Kier alpha value is -2.16. The van der Waals surface area contributed by atoms with Crippen LogP contribution in [0.2, 0.25) is 5.02 Å². The molecule has 1 N–H and O–H groups in total. The Morgan fingerprint density at radius 3 is 2.57 bits per heavy atom. The van der Waals surface area contributed by atoms with Crippen LogP contribution < -0.4 is 10.1 Å². The van der Waals surface area contributed by atoms with Crippen LogP contribution in [-0.2, 0) is 14.8 Å². The predicted molar refractivity (Wildman–Crippen MR) is 114 cm³/mol. The molecule has 30 heavy (non-hydrogen) atoms. The van der Waals surface area contributed by atoms with Crippen LogP contribution in [0.3, 0.4) is 0 Å². The second kappa shape index (κ2) is 9.32. The number of halogens is 2. The molecule has 1 amide bonds. The number of hydrogen-bond acceptors (Lipinski definition) is 4. The van der Waals surface area contributed by atoms with Crippen molar-refractivity contribution in [3.8, 4) is 5.75 Å². The van der Waals surface area contributed by atoms with Gasteiger partial charge >= 0.3 is 0 Å². The van der Waals surface area contributed by atoms with E-state index in [9.17, 15) is 17.6 Å². The summed E-state index contributed by atoms with van der Waals surface area (Å²) in [4.78, 5) is 12.7. The largest absolute Gasteiger partial charge is 0.492 e. The molecule has 2 aromatic carbocycles. The molecule has 0 saturated carbocycles. The fraction of sp³-hybridized carbons (Fsp3) is 0.381. The summed E-state index contributed by atoms with van der Waals surface area (Å²) in [6.45, 7) is 4.46. The van der Waals surface area contributed by atoms with Crippen LogP contribution in [0.5, 0.6) is 5.75 Å². The number of hydrogen-bond donors (Lipinski definition) is 1. The van der Waals surface area contributed by atoms with Crippen LogP contribution >= 0.6 is 11.6 Å². The molecule has 9 heteroatoms. The van der Waals surface area contributed by atoms with E-state index >= 15 is 0 Å². The number of sulfonamides is 1. The Balaban J connectivity index is 1.65. The maximum Gasteiger partial charge on any atom is 0.243 e. The lowest BCUT2D eigenvalue weighted by atomic mass is 9.97. The van der Waals surface area contributed by atoms with E-state index < -0.39 is 15.8 Å². The molecule has 1 aliphatic rings. The molecule has 162 valence electrons. The van der Waals surface area contributed by atoms with E-state index in [1.165, 1.54) is 28.6 Å². The molecule has 1 fully saturated rings. The first kappa shape index (κ1) is 22.5. The SMILES string of the molecule is CCOc1ccc(S(=O)(=O)N2CCC(C(=O)Nc3cc(F)ccc3C)CC2)cc1Cl. The highest BCUT2D eigenvalue weighted by Crippen LogP contribution is 2.31. The number of aryl methyl sites for hydroxylation is 1. The maximum absolute atomic E-state index is 13.4. The topological polar surface area (TPSA) is 75.7 Å². The first-order valence-corrected chi connectivity index (χ1v) is 11.5. The molecule has 0 bridgehead atoms. The van der Waals surface area contributed by atoms with Crippen LogP contribution in [0.25, 0.3) is 0 Å². The van der Waals surface area contributed by atoms with Crippen LogP contribution in [-0.4, -0.2) is 38.3 Å². The lowest BCUT2D eigenvalue weighted by molar-refractivity contribution is -0.120. The van der Waals surface area contributed by atoms with Gasteiger partial charge in [-0.05, 0) is 62.6 Å². The molecule has 3 rings (SSSR count). The van der Waals surface area contributed by atoms with E-state index in [2.05, 4.69) is 5.32 Å². The van der Waals surface area contributed by atoms with Crippen molar-refractivity contribution in [1.82, 2.24) is 4.31 Å². The molecule has 0 aromatic heterocycles. The number of carbonyl (C=O) groups is 1. The predicted octanol–water partition coefficient (Wildman–Crippen LogP) is 4.23. The van der Waals surface area contributed by atoms with Crippen molar-refractivity contribution >= 4 is 33.2 Å². The number of benzene rings is 2. The van der Waals surface area contributed by atoms with Crippen molar-refractivity contribution in [2.24, 2.45) is 5.92 Å². The zero-order valence-electron chi connectivity index (χ0n) is 16.8. The summed E-state index contributed by atoms with van der Waals surface area (Å²) in [5.41, 5.74) is 1.19. The average molecular weight is 455 g/mol. The van der Waals surface area contributed by atoms with Gasteiger partial charge in [-0.15, -0.1) is 0 Å². The third-order valence-corrected chi connectivity index (χ3v) is 7.31. The summed E-state index contributed by atoms with van der Waals surface area (Å²) in [6, 6.07) is 8.61. The molecule has 1 saturated heterocycles. The van der Waals surface area contributed by atoms with Gasteiger partial charge in [-0.25, -0.2) is 12.8 Å². The van der Waals surface area contributed by atoms with E-state index in [4.69, 9.17) is 16.3 Å². The lowest BCUT2D eigenvalue weighted by Gasteiger charge is -2.30. The van der Waals surface area contributed by atoms with Gasteiger partial charge in [0.05, 0.1) is 16.5 Å². The number of rotatable bonds is 6. The standard InChI is InChI=1S/C21H24ClFN2O4S/c1-3-29-20-7-6-17(13-18(20)22)30(27,28)25-10-8-15(9-11-25)21(26)24-19-12-16(23)5-4-14(19)2/h4-7,12-13,15H,3,8-11H2,1-2H3,(H,24,26). The molecule has 1 heterocycles. The fourth-order valence-corrected chi connectivity index (χ4v) is 5.18. The van der Waals surface area contributed by atoms with E-state index in [0.717, 1.165) is 5.56 Å². The average Bonchev–Trinajstić information content (AvgIpc) is 2.72. The van der Waals surface area contributed by atoms with Crippen LogP contribution in [0.1, 0.15) is 25.3 Å². The minimum Gasteiger partial charge on any atom is -0.492 e. The number of amides is 1. The molecule has 0 spiro atoms. The van der Waals surface area contributed by atoms with Gasteiger partial charge in [0.15, 0.2) is 0 Å². The smallest absolute Gasteiger partial charge is 0.243 e. The van der Waals surface area contributed by atoms with E-state index in [-0.39, 0.29) is 34.8 Å². The first-order valence-electron chi connectivity index (χ1n) is 9.72. The van der Waals surface area contributed by atoms with Gasteiger partial charge in [-0.1, -0.05) is 17.7 Å². The number of piperidine rings is 1. The zero-order chi connectivity index (χ0) is 21.9. The van der Waals surface area contributed by atoms with Crippen LogP contribution in [0.4, 0.5) is 10.1 Å². The number of carbonyl (C=O) groups excluding carboxylic acids is 1. The van der Waals surface area contributed by atoms with Crippen molar-refractivity contribution in [2.45, 2.75) is 31.6 Å². The Morgan fingerprint density at radius 2 is 1.93 bits per heavy atom. The van der Waals surface area contributed by atoms with Gasteiger partial charge in [-0.3, -0.25) is 4.79 Å². The van der Waals surface area contributed by atoms with Gasteiger partial charge in [0, 0.05) is 24.7 Å². The summed E-state index contributed by atoms with van der Waals surface area (Å²) in [5.74, 6) is -0.570.